The van der Waals surface area contributed by atoms with Crippen LogP contribution in [-0.2, 0) is 4.84 Å². The van der Waals surface area contributed by atoms with Gasteiger partial charge in [-0.2, -0.15) is 5.10 Å². The zero-order valence-corrected chi connectivity index (χ0v) is 19.6. The maximum atomic E-state index is 12.8. The smallest absolute Gasteiger partial charge is 0.277 e. The Kier molecular flexibility index (Phi) is 6.31. The average Bonchev–Trinajstić information content (AvgIpc) is 3.47. The summed E-state index contributed by atoms with van der Waals surface area (Å²) in [7, 11) is 0. The molecule has 1 aliphatic rings. The highest BCUT2D eigenvalue weighted by Gasteiger charge is 2.23. The predicted octanol–water partition coefficient (Wildman–Crippen LogP) is 5.56. The third-order valence-electron chi connectivity index (χ3n) is 4.87. The summed E-state index contributed by atoms with van der Waals surface area (Å²) in [6.07, 6.45) is 2.30. The molecule has 1 saturated carbocycles. The van der Waals surface area contributed by atoms with Crippen molar-refractivity contribution < 1.29 is 9.63 Å². The van der Waals surface area contributed by atoms with E-state index in [9.17, 15) is 4.79 Å². The number of rotatable bonds is 7. The average molecular weight is 537 g/mol. The SMILES string of the molecule is Cc1cc(C)n(-c2cc(Nc3ccc(I)cc3)c(C(=O)NOCC3CC3)cc2Cl)n1. The van der Waals surface area contributed by atoms with E-state index < -0.39 is 0 Å². The second-order valence-corrected chi connectivity index (χ2v) is 9.16. The Balaban J connectivity index is 1.69. The van der Waals surface area contributed by atoms with Crippen LogP contribution in [0.25, 0.3) is 5.69 Å². The van der Waals surface area contributed by atoms with Crippen LogP contribution in [0.2, 0.25) is 5.02 Å². The molecule has 0 radical (unpaired) electrons. The first-order valence-corrected chi connectivity index (χ1v) is 11.2. The molecular weight excluding hydrogens is 515 g/mol. The van der Waals surface area contributed by atoms with E-state index in [4.69, 9.17) is 16.4 Å². The number of nitrogens with one attached hydrogen (secondary N) is 2. The predicted molar refractivity (Wildman–Crippen MR) is 127 cm³/mol. The minimum Gasteiger partial charge on any atom is -0.355 e. The number of aromatic nitrogens is 2. The van der Waals surface area contributed by atoms with Crippen molar-refractivity contribution in [1.82, 2.24) is 15.3 Å². The number of hydrogen-bond acceptors (Lipinski definition) is 4. The summed E-state index contributed by atoms with van der Waals surface area (Å²) in [4.78, 5) is 18.2. The topological polar surface area (TPSA) is 68.2 Å². The van der Waals surface area contributed by atoms with E-state index in [1.54, 1.807) is 10.7 Å². The number of carbonyl (C=O) groups is 1. The van der Waals surface area contributed by atoms with Crippen molar-refractivity contribution in [2.75, 3.05) is 11.9 Å². The first-order valence-electron chi connectivity index (χ1n) is 9.72. The molecule has 1 fully saturated rings. The summed E-state index contributed by atoms with van der Waals surface area (Å²) in [6, 6.07) is 13.4. The summed E-state index contributed by atoms with van der Waals surface area (Å²) >= 11 is 8.83. The molecule has 2 N–H and O–H groups in total. The van der Waals surface area contributed by atoms with Crippen molar-refractivity contribution in [2.45, 2.75) is 26.7 Å². The second-order valence-electron chi connectivity index (χ2n) is 7.51. The zero-order valence-electron chi connectivity index (χ0n) is 16.7. The number of hydroxylamine groups is 1. The first-order chi connectivity index (χ1) is 14.4. The van der Waals surface area contributed by atoms with E-state index in [0.29, 0.717) is 34.5 Å². The molecule has 0 unspecified atom stereocenters. The van der Waals surface area contributed by atoms with E-state index in [1.165, 1.54) is 0 Å². The molecule has 0 atom stereocenters. The van der Waals surface area contributed by atoms with Crippen LogP contribution in [0, 0.1) is 23.3 Å². The number of halogens is 2. The van der Waals surface area contributed by atoms with Crippen LogP contribution >= 0.6 is 34.2 Å². The van der Waals surface area contributed by atoms with Crippen LogP contribution in [0.5, 0.6) is 0 Å². The largest absolute Gasteiger partial charge is 0.355 e. The van der Waals surface area contributed by atoms with Gasteiger partial charge in [0, 0.05) is 15.0 Å². The lowest BCUT2D eigenvalue weighted by Gasteiger charge is -2.16. The van der Waals surface area contributed by atoms with Crippen LogP contribution in [0.3, 0.4) is 0 Å². The molecule has 3 aromatic rings. The van der Waals surface area contributed by atoms with Crippen LogP contribution in [-0.4, -0.2) is 22.3 Å². The number of nitrogens with zero attached hydrogens (tertiary/aromatic N) is 2. The molecule has 30 heavy (non-hydrogen) atoms. The normalized spacial score (nSPS) is 13.3. The molecule has 0 saturated heterocycles. The molecule has 1 amide bonds. The maximum Gasteiger partial charge on any atom is 0.277 e. The lowest BCUT2D eigenvalue weighted by molar-refractivity contribution is 0.0271. The molecule has 6 nitrogen and oxygen atoms in total. The minimum atomic E-state index is -0.342. The molecule has 0 aliphatic heterocycles. The van der Waals surface area contributed by atoms with Gasteiger partial charge in [-0.3, -0.25) is 9.63 Å². The van der Waals surface area contributed by atoms with Gasteiger partial charge in [0.15, 0.2) is 0 Å². The standard InChI is InChI=1S/C22H22ClIN4O2/c1-13-9-14(2)28(26-13)21-11-20(25-17-7-5-16(24)6-8-17)18(10-19(21)23)22(29)27-30-12-15-3-4-15/h5-11,15,25H,3-4,12H2,1-2H3,(H,27,29). The van der Waals surface area contributed by atoms with Crippen molar-refractivity contribution in [1.29, 1.82) is 0 Å². The van der Waals surface area contributed by atoms with E-state index in [-0.39, 0.29) is 5.91 Å². The van der Waals surface area contributed by atoms with E-state index in [0.717, 1.165) is 33.5 Å². The third kappa shape index (κ3) is 4.96. The second kappa shape index (κ2) is 8.95. The Bertz CT molecular complexity index is 1080. The summed E-state index contributed by atoms with van der Waals surface area (Å²) in [5.74, 6) is 0.206. The molecule has 156 valence electrons. The number of aryl methyl sites for hydroxylation is 2. The Morgan fingerprint density at radius 2 is 1.97 bits per heavy atom. The third-order valence-corrected chi connectivity index (χ3v) is 5.90. The van der Waals surface area contributed by atoms with Crippen LogP contribution in [0.4, 0.5) is 11.4 Å². The van der Waals surface area contributed by atoms with Crippen molar-refractivity contribution >= 4 is 51.5 Å². The van der Waals surface area contributed by atoms with Gasteiger partial charge in [0.2, 0.25) is 0 Å². The summed E-state index contributed by atoms with van der Waals surface area (Å²) < 4.78 is 2.91. The van der Waals surface area contributed by atoms with Crippen molar-refractivity contribution in [3.8, 4) is 5.69 Å². The van der Waals surface area contributed by atoms with Crippen molar-refractivity contribution in [3.05, 3.63) is 68.0 Å². The fraction of sp³-hybridized carbons (Fsp3) is 0.273. The zero-order chi connectivity index (χ0) is 21.3. The molecule has 8 heteroatoms. The van der Waals surface area contributed by atoms with Crippen molar-refractivity contribution in [2.24, 2.45) is 5.92 Å². The van der Waals surface area contributed by atoms with Crippen LogP contribution < -0.4 is 10.8 Å². The molecule has 1 aromatic heterocycles. The molecule has 1 heterocycles. The summed E-state index contributed by atoms with van der Waals surface area (Å²) in [6.45, 7) is 4.43. The summed E-state index contributed by atoms with van der Waals surface area (Å²) in [5.41, 5.74) is 6.99. The van der Waals surface area contributed by atoms with Gasteiger partial charge in [0.1, 0.15) is 0 Å². The van der Waals surface area contributed by atoms with E-state index in [2.05, 4.69) is 38.5 Å². The molecule has 0 spiro atoms. The van der Waals surface area contributed by atoms with Gasteiger partial charge in [-0.1, -0.05) is 11.6 Å². The molecule has 0 bridgehead atoms. The molecular formula is C22H22ClIN4O2. The monoisotopic (exact) mass is 536 g/mol. The lowest BCUT2D eigenvalue weighted by Crippen LogP contribution is -2.25. The fourth-order valence-corrected chi connectivity index (χ4v) is 3.74. The molecule has 2 aromatic carbocycles. The van der Waals surface area contributed by atoms with Gasteiger partial charge in [-0.25, -0.2) is 10.2 Å². The van der Waals surface area contributed by atoms with Gasteiger partial charge >= 0.3 is 0 Å². The van der Waals surface area contributed by atoms with Crippen LogP contribution in [0.15, 0.2) is 42.5 Å². The maximum absolute atomic E-state index is 12.8. The highest BCUT2D eigenvalue weighted by Crippen LogP contribution is 2.32. The first kappa shape index (κ1) is 21.1. The minimum absolute atomic E-state index is 0.342. The Morgan fingerprint density at radius 1 is 1.23 bits per heavy atom. The summed E-state index contributed by atoms with van der Waals surface area (Å²) in [5, 5.41) is 8.30. The highest BCUT2D eigenvalue weighted by atomic mass is 127. The number of benzene rings is 2. The van der Waals surface area contributed by atoms with Gasteiger partial charge in [-0.05, 0) is 97.7 Å². The van der Waals surface area contributed by atoms with Crippen LogP contribution in [0.1, 0.15) is 34.6 Å². The number of amides is 1. The highest BCUT2D eigenvalue weighted by molar-refractivity contribution is 14.1. The van der Waals surface area contributed by atoms with Crippen molar-refractivity contribution in [3.63, 3.8) is 0 Å². The van der Waals surface area contributed by atoms with Gasteiger partial charge in [-0.15, -0.1) is 0 Å². The molecule has 1 aliphatic carbocycles. The Labute approximate surface area is 194 Å². The number of hydrogen-bond donors (Lipinski definition) is 2. The van der Waals surface area contributed by atoms with Gasteiger partial charge in [0.25, 0.3) is 5.91 Å². The Morgan fingerprint density at radius 3 is 2.60 bits per heavy atom. The Hall–Kier alpha value is -2.10. The number of anilines is 2. The lowest BCUT2D eigenvalue weighted by atomic mass is 10.1. The molecule has 4 rings (SSSR count). The van der Waals surface area contributed by atoms with E-state index >= 15 is 0 Å². The van der Waals surface area contributed by atoms with Gasteiger partial charge < -0.3 is 5.32 Å². The van der Waals surface area contributed by atoms with E-state index in [1.807, 2.05) is 50.2 Å². The number of carbonyl (C=O) groups excluding carboxylic acids is 1. The van der Waals surface area contributed by atoms with Gasteiger partial charge in [0.05, 0.1) is 34.3 Å². The quantitative estimate of drug-likeness (QED) is 0.306. The fourth-order valence-electron chi connectivity index (χ4n) is 3.14.